The molecule has 1 fully saturated rings. The van der Waals surface area contributed by atoms with Crippen LogP contribution in [-0.4, -0.2) is 35.6 Å². The SMILES string of the molecule is CCOC(=O)c1cn(C2CCCOC2)nc1N. The highest BCUT2D eigenvalue weighted by Crippen LogP contribution is 2.21. The predicted octanol–water partition coefficient (Wildman–Crippen LogP) is 0.994. The number of hydrogen-bond donors (Lipinski definition) is 1. The van der Waals surface area contributed by atoms with Gasteiger partial charge in [0.25, 0.3) is 0 Å². The van der Waals surface area contributed by atoms with Crippen LogP contribution in [0.3, 0.4) is 0 Å². The number of nitrogens with zero attached hydrogens (tertiary/aromatic N) is 2. The smallest absolute Gasteiger partial charge is 0.343 e. The number of hydrogen-bond acceptors (Lipinski definition) is 5. The zero-order valence-corrected chi connectivity index (χ0v) is 9.89. The summed E-state index contributed by atoms with van der Waals surface area (Å²) in [4.78, 5) is 11.6. The Balaban J connectivity index is 2.14. The van der Waals surface area contributed by atoms with Crippen molar-refractivity contribution in [3.05, 3.63) is 11.8 Å². The largest absolute Gasteiger partial charge is 0.462 e. The fraction of sp³-hybridized carbons (Fsp3) is 0.636. The van der Waals surface area contributed by atoms with Crippen molar-refractivity contribution in [3.63, 3.8) is 0 Å². The Morgan fingerprint density at radius 2 is 2.59 bits per heavy atom. The fourth-order valence-corrected chi connectivity index (χ4v) is 1.89. The number of esters is 1. The lowest BCUT2D eigenvalue weighted by Gasteiger charge is -2.22. The Labute approximate surface area is 99.7 Å². The van der Waals surface area contributed by atoms with Crippen molar-refractivity contribution in [3.8, 4) is 0 Å². The molecule has 1 aliphatic rings. The molecule has 2 heterocycles. The molecular weight excluding hydrogens is 222 g/mol. The standard InChI is InChI=1S/C11H17N3O3/c1-2-17-11(15)9-6-14(13-10(9)12)8-4-3-5-16-7-8/h6,8H,2-5,7H2,1H3,(H2,12,13). The van der Waals surface area contributed by atoms with Gasteiger partial charge in [0.1, 0.15) is 5.56 Å². The summed E-state index contributed by atoms with van der Waals surface area (Å²) in [6.45, 7) is 3.49. The van der Waals surface area contributed by atoms with E-state index in [-0.39, 0.29) is 11.9 Å². The highest BCUT2D eigenvalue weighted by Gasteiger charge is 2.21. The molecule has 1 aliphatic heterocycles. The second-order valence-corrected chi connectivity index (χ2v) is 4.00. The lowest BCUT2D eigenvalue weighted by molar-refractivity contribution is 0.0516. The summed E-state index contributed by atoms with van der Waals surface area (Å²) in [5.41, 5.74) is 6.04. The highest BCUT2D eigenvalue weighted by molar-refractivity contribution is 5.93. The first kappa shape index (κ1) is 11.9. The maximum Gasteiger partial charge on any atom is 0.343 e. The molecule has 1 saturated heterocycles. The van der Waals surface area contributed by atoms with E-state index in [1.807, 2.05) is 0 Å². The predicted molar refractivity (Wildman–Crippen MR) is 61.7 cm³/mol. The molecule has 0 radical (unpaired) electrons. The van der Waals surface area contributed by atoms with Crippen LogP contribution in [0.2, 0.25) is 0 Å². The third-order valence-electron chi connectivity index (χ3n) is 2.77. The van der Waals surface area contributed by atoms with Crippen LogP contribution in [0, 0.1) is 0 Å². The number of rotatable bonds is 3. The second-order valence-electron chi connectivity index (χ2n) is 4.00. The zero-order valence-electron chi connectivity index (χ0n) is 9.89. The molecule has 0 amide bonds. The number of carbonyl (C=O) groups is 1. The summed E-state index contributed by atoms with van der Waals surface area (Å²) in [5.74, 6) is -0.206. The molecule has 2 N–H and O–H groups in total. The lowest BCUT2D eigenvalue weighted by Crippen LogP contribution is -2.21. The minimum Gasteiger partial charge on any atom is -0.462 e. The van der Waals surface area contributed by atoms with Gasteiger partial charge in [0.15, 0.2) is 5.82 Å². The van der Waals surface area contributed by atoms with Crippen LogP contribution < -0.4 is 5.73 Å². The number of carbonyl (C=O) groups excluding carboxylic acids is 1. The first-order valence-corrected chi connectivity index (χ1v) is 5.82. The number of nitrogen functional groups attached to an aromatic ring is 1. The number of nitrogens with two attached hydrogens (primary N) is 1. The molecule has 6 heteroatoms. The van der Waals surface area contributed by atoms with Crippen LogP contribution in [0.15, 0.2) is 6.20 Å². The van der Waals surface area contributed by atoms with Crippen molar-refractivity contribution in [1.29, 1.82) is 0 Å². The van der Waals surface area contributed by atoms with E-state index in [0.717, 1.165) is 19.4 Å². The van der Waals surface area contributed by atoms with Crippen LogP contribution in [0.5, 0.6) is 0 Å². The minimum absolute atomic E-state index is 0.161. The van der Waals surface area contributed by atoms with Crippen molar-refractivity contribution in [2.24, 2.45) is 0 Å². The summed E-state index contributed by atoms with van der Waals surface area (Å²) < 4.78 is 12.0. The molecule has 1 unspecified atom stereocenters. The van der Waals surface area contributed by atoms with E-state index < -0.39 is 5.97 Å². The van der Waals surface area contributed by atoms with Crippen LogP contribution in [-0.2, 0) is 9.47 Å². The van der Waals surface area contributed by atoms with Gasteiger partial charge in [0, 0.05) is 12.8 Å². The van der Waals surface area contributed by atoms with Gasteiger partial charge in [-0.15, -0.1) is 0 Å². The molecule has 2 rings (SSSR count). The third-order valence-corrected chi connectivity index (χ3v) is 2.77. The zero-order chi connectivity index (χ0) is 12.3. The summed E-state index contributed by atoms with van der Waals surface area (Å²) in [6.07, 6.45) is 3.63. The van der Waals surface area contributed by atoms with E-state index in [0.29, 0.717) is 18.8 Å². The Hall–Kier alpha value is -1.56. The van der Waals surface area contributed by atoms with Gasteiger partial charge >= 0.3 is 5.97 Å². The van der Waals surface area contributed by atoms with Crippen molar-refractivity contribution >= 4 is 11.8 Å². The van der Waals surface area contributed by atoms with Gasteiger partial charge in [-0.3, -0.25) is 4.68 Å². The van der Waals surface area contributed by atoms with Gasteiger partial charge in [0.05, 0.1) is 19.3 Å². The molecule has 0 saturated carbocycles. The van der Waals surface area contributed by atoms with E-state index in [1.54, 1.807) is 17.8 Å². The summed E-state index contributed by atoms with van der Waals surface area (Å²) in [7, 11) is 0. The monoisotopic (exact) mass is 239 g/mol. The lowest BCUT2D eigenvalue weighted by atomic mass is 10.1. The number of anilines is 1. The average molecular weight is 239 g/mol. The molecule has 1 aromatic rings. The normalized spacial score (nSPS) is 20.2. The van der Waals surface area contributed by atoms with Crippen molar-refractivity contribution in [1.82, 2.24) is 9.78 Å². The molecule has 0 aromatic carbocycles. The van der Waals surface area contributed by atoms with E-state index >= 15 is 0 Å². The van der Waals surface area contributed by atoms with Gasteiger partial charge in [-0.1, -0.05) is 0 Å². The van der Waals surface area contributed by atoms with Crippen molar-refractivity contribution in [2.45, 2.75) is 25.8 Å². The second kappa shape index (κ2) is 5.18. The first-order valence-electron chi connectivity index (χ1n) is 5.82. The van der Waals surface area contributed by atoms with E-state index in [1.165, 1.54) is 0 Å². The minimum atomic E-state index is -0.423. The van der Waals surface area contributed by atoms with E-state index in [4.69, 9.17) is 15.2 Å². The molecule has 17 heavy (non-hydrogen) atoms. The number of aromatic nitrogens is 2. The summed E-state index contributed by atoms with van der Waals surface area (Å²) in [5, 5.41) is 4.15. The fourth-order valence-electron chi connectivity index (χ4n) is 1.89. The van der Waals surface area contributed by atoms with Gasteiger partial charge in [-0.2, -0.15) is 5.10 Å². The molecule has 6 nitrogen and oxygen atoms in total. The Morgan fingerprint density at radius 1 is 1.76 bits per heavy atom. The van der Waals surface area contributed by atoms with Gasteiger partial charge in [-0.05, 0) is 19.8 Å². The highest BCUT2D eigenvalue weighted by atomic mass is 16.5. The molecule has 1 atom stereocenters. The molecule has 0 spiro atoms. The Morgan fingerprint density at radius 3 is 3.24 bits per heavy atom. The van der Waals surface area contributed by atoms with Crippen LogP contribution in [0.4, 0.5) is 5.82 Å². The summed E-state index contributed by atoms with van der Waals surface area (Å²) >= 11 is 0. The first-order chi connectivity index (χ1) is 8.22. The van der Waals surface area contributed by atoms with E-state index in [9.17, 15) is 4.79 Å². The van der Waals surface area contributed by atoms with Crippen LogP contribution in [0.1, 0.15) is 36.2 Å². The van der Waals surface area contributed by atoms with Crippen molar-refractivity contribution < 1.29 is 14.3 Å². The van der Waals surface area contributed by atoms with Gasteiger partial charge in [-0.25, -0.2) is 4.79 Å². The van der Waals surface area contributed by atoms with Gasteiger partial charge < -0.3 is 15.2 Å². The quantitative estimate of drug-likeness (QED) is 0.796. The Kier molecular flexibility index (Phi) is 3.63. The molecule has 94 valence electrons. The number of ether oxygens (including phenoxy) is 2. The summed E-state index contributed by atoms with van der Waals surface area (Å²) in [6, 6.07) is 0.161. The molecule has 0 bridgehead atoms. The third kappa shape index (κ3) is 2.58. The van der Waals surface area contributed by atoms with Crippen LogP contribution in [0.25, 0.3) is 0 Å². The topological polar surface area (TPSA) is 79.4 Å². The molecule has 1 aromatic heterocycles. The maximum atomic E-state index is 11.6. The Bertz CT molecular complexity index is 397. The van der Waals surface area contributed by atoms with Gasteiger partial charge in [0.2, 0.25) is 0 Å². The maximum absolute atomic E-state index is 11.6. The van der Waals surface area contributed by atoms with Crippen LogP contribution >= 0.6 is 0 Å². The molecule has 0 aliphatic carbocycles. The molecular formula is C11H17N3O3. The van der Waals surface area contributed by atoms with E-state index in [2.05, 4.69) is 5.10 Å². The van der Waals surface area contributed by atoms with Crippen molar-refractivity contribution in [2.75, 3.05) is 25.6 Å². The average Bonchev–Trinajstić information content (AvgIpc) is 2.73.